The van der Waals surface area contributed by atoms with E-state index in [2.05, 4.69) is 0 Å². The fraction of sp³-hybridized carbons (Fsp3) is 0.263. The molecular weight excluding hydrogens is 391 g/mol. The Bertz CT molecular complexity index is 920. The van der Waals surface area contributed by atoms with Crippen LogP contribution in [0.4, 0.5) is 5.69 Å². The average molecular weight is 407 g/mol. The highest BCUT2D eigenvalue weighted by Crippen LogP contribution is 2.54. The fourth-order valence-electron chi connectivity index (χ4n) is 3.68. The molecule has 1 atom stereocenters. The summed E-state index contributed by atoms with van der Waals surface area (Å²) in [5.74, 6) is 0.395. The molecule has 1 spiro atoms. The molecule has 0 aromatic heterocycles. The Kier molecular flexibility index (Phi) is 4.41. The van der Waals surface area contributed by atoms with Crippen molar-refractivity contribution >= 4 is 52.5 Å². The van der Waals surface area contributed by atoms with E-state index in [9.17, 15) is 9.59 Å². The van der Waals surface area contributed by atoms with Gasteiger partial charge in [0.25, 0.3) is 11.8 Å². The molecule has 1 unspecified atom stereocenters. The number of carbonyl (C=O) groups excluding carboxylic acids is 2. The normalized spacial score (nSPS) is 21.6. The first kappa shape index (κ1) is 17.7. The Morgan fingerprint density at radius 3 is 2.69 bits per heavy atom. The zero-order chi connectivity index (χ0) is 18.5. The van der Waals surface area contributed by atoms with Crippen LogP contribution in [-0.4, -0.2) is 35.6 Å². The molecule has 2 amide bonds. The van der Waals surface area contributed by atoms with Crippen molar-refractivity contribution in [3.05, 3.63) is 63.6 Å². The topological polar surface area (TPSA) is 40.6 Å². The summed E-state index contributed by atoms with van der Waals surface area (Å²) >= 11 is 13.8. The summed E-state index contributed by atoms with van der Waals surface area (Å²) in [6.45, 7) is 2.96. The van der Waals surface area contributed by atoms with Gasteiger partial charge in [0.15, 0.2) is 4.87 Å². The lowest BCUT2D eigenvalue weighted by atomic mass is 10.0. The molecule has 2 aliphatic rings. The number of nitrogens with zero attached hydrogens (tertiary/aromatic N) is 2. The fourth-order valence-corrected chi connectivity index (χ4v) is 5.49. The number of amides is 2. The van der Waals surface area contributed by atoms with Crippen molar-refractivity contribution in [2.75, 3.05) is 23.7 Å². The second kappa shape index (κ2) is 6.48. The first-order chi connectivity index (χ1) is 12.5. The lowest BCUT2D eigenvalue weighted by Crippen LogP contribution is -2.50. The monoisotopic (exact) mass is 406 g/mol. The number of anilines is 1. The van der Waals surface area contributed by atoms with Crippen molar-refractivity contribution in [2.24, 2.45) is 0 Å². The molecule has 7 heteroatoms. The van der Waals surface area contributed by atoms with Gasteiger partial charge in [-0.25, -0.2) is 0 Å². The van der Waals surface area contributed by atoms with E-state index in [0.717, 1.165) is 11.3 Å². The molecular formula is C19H16Cl2N2O2S. The number of hydrogen-bond donors (Lipinski definition) is 0. The molecule has 2 aliphatic heterocycles. The lowest BCUT2D eigenvalue weighted by molar-refractivity contribution is -0.123. The van der Waals surface area contributed by atoms with Gasteiger partial charge in [0.2, 0.25) is 0 Å². The number of rotatable bonds is 2. The van der Waals surface area contributed by atoms with Gasteiger partial charge in [-0.1, -0.05) is 29.3 Å². The number of benzene rings is 2. The number of hydrogen-bond acceptors (Lipinski definition) is 3. The molecule has 4 nitrogen and oxygen atoms in total. The van der Waals surface area contributed by atoms with Gasteiger partial charge in [0, 0.05) is 40.0 Å². The first-order valence-electron chi connectivity index (χ1n) is 8.32. The SMILES string of the molecule is CCN1C(=O)C2(SCCN2C(=O)c2cccc(Cl)c2)c2cc(Cl)ccc21. The molecule has 1 saturated heterocycles. The summed E-state index contributed by atoms with van der Waals surface area (Å²) in [6.07, 6.45) is 0. The largest absolute Gasteiger partial charge is 0.311 e. The first-order valence-corrected chi connectivity index (χ1v) is 10.1. The second-order valence-corrected chi connectivity index (χ2v) is 8.33. The summed E-state index contributed by atoms with van der Waals surface area (Å²) in [5, 5.41) is 1.05. The number of thioether (sulfide) groups is 1. The molecule has 4 rings (SSSR count). The van der Waals surface area contributed by atoms with Crippen molar-refractivity contribution in [2.45, 2.75) is 11.8 Å². The number of halogens is 2. The zero-order valence-corrected chi connectivity index (χ0v) is 16.4. The highest BCUT2D eigenvalue weighted by molar-refractivity contribution is 8.01. The zero-order valence-electron chi connectivity index (χ0n) is 14.0. The average Bonchev–Trinajstić information content (AvgIpc) is 3.17. The summed E-state index contributed by atoms with van der Waals surface area (Å²) < 4.78 is 0. The molecule has 0 radical (unpaired) electrons. The van der Waals surface area contributed by atoms with Crippen LogP contribution in [0.2, 0.25) is 10.0 Å². The van der Waals surface area contributed by atoms with Crippen LogP contribution in [0.25, 0.3) is 0 Å². The summed E-state index contributed by atoms with van der Waals surface area (Å²) in [5.41, 5.74) is 2.08. The Balaban J connectivity index is 1.86. The summed E-state index contributed by atoms with van der Waals surface area (Å²) in [7, 11) is 0. The quantitative estimate of drug-likeness (QED) is 0.741. The molecule has 0 aliphatic carbocycles. The minimum Gasteiger partial charge on any atom is -0.311 e. The lowest BCUT2D eigenvalue weighted by Gasteiger charge is -2.33. The maximum Gasteiger partial charge on any atom is 0.268 e. The maximum absolute atomic E-state index is 13.4. The van der Waals surface area contributed by atoms with Crippen LogP contribution in [0.1, 0.15) is 22.8 Å². The standard InChI is InChI=1S/C19H16Cl2N2O2S/c1-2-22-16-7-6-14(21)11-15(16)19(18(22)25)23(8-9-26-19)17(24)12-4-3-5-13(20)10-12/h3-7,10-11H,2,8-9H2,1H3. The molecule has 26 heavy (non-hydrogen) atoms. The van der Waals surface area contributed by atoms with Gasteiger partial charge >= 0.3 is 0 Å². The second-order valence-electron chi connectivity index (χ2n) is 6.17. The van der Waals surface area contributed by atoms with Crippen molar-refractivity contribution < 1.29 is 9.59 Å². The van der Waals surface area contributed by atoms with Crippen LogP contribution in [0.3, 0.4) is 0 Å². The van der Waals surface area contributed by atoms with Gasteiger partial charge in [0.1, 0.15) is 0 Å². The maximum atomic E-state index is 13.4. The molecule has 1 fully saturated rings. The van der Waals surface area contributed by atoms with Crippen LogP contribution < -0.4 is 4.90 Å². The summed E-state index contributed by atoms with van der Waals surface area (Å²) in [4.78, 5) is 29.0. The van der Waals surface area contributed by atoms with E-state index < -0.39 is 4.87 Å². The van der Waals surface area contributed by atoms with Gasteiger partial charge in [-0.3, -0.25) is 9.59 Å². The molecule has 2 heterocycles. The Morgan fingerprint density at radius 2 is 1.96 bits per heavy atom. The predicted molar refractivity (Wildman–Crippen MR) is 106 cm³/mol. The molecule has 134 valence electrons. The molecule has 0 bridgehead atoms. The van der Waals surface area contributed by atoms with E-state index in [1.165, 1.54) is 11.8 Å². The van der Waals surface area contributed by atoms with Crippen LogP contribution >= 0.6 is 35.0 Å². The van der Waals surface area contributed by atoms with Crippen molar-refractivity contribution in [1.82, 2.24) is 4.90 Å². The molecule has 0 N–H and O–H groups in total. The third-order valence-electron chi connectivity index (χ3n) is 4.79. The van der Waals surface area contributed by atoms with Crippen LogP contribution in [0, 0.1) is 0 Å². The highest BCUT2D eigenvalue weighted by atomic mass is 35.5. The van der Waals surface area contributed by atoms with Crippen molar-refractivity contribution in [3.8, 4) is 0 Å². The number of carbonyl (C=O) groups is 2. The van der Waals surface area contributed by atoms with E-state index in [4.69, 9.17) is 23.2 Å². The van der Waals surface area contributed by atoms with Gasteiger partial charge in [-0.05, 0) is 43.3 Å². The molecule has 2 aromatic carbocycles. The van der Waals surface area contributed by atoms with Crippen LogP contribution in [0.5, 0.6) is 0 Å². The van der Waals surface area contributed by atoms with E-state index in [-0.39, 0.29) is 11.8 Å². The highest BCUT2D eigenvalue weighted by Gasteiger charge is 2.59. The van der Waals surface area contributed by atoms with Crippen molar-refractivity contribution in [1.29, 1.82) is 0 Å². The van der Waals surface area contributed by atoms with Gasteiger partial charge in [-0.15, -0.1) is 11.8 Å². The van der Waals surface area contributed by atoms with E-state index in [1.54, 1.807) is 46.2 Å². The van der Waals surface area contributed by atoms with E-state index >= 15 is 0 Å². The molecule has 2 aromatic rings. The smallest absolute Gasteiger partial charge is 0.268 e. The number of likely N-dealkylation sites (N-methyl/N-ethyl adjacent to an activating group) is 1. The number of fused-ring (bicyclic) bond motifs is 2. The Morgan fingerprint density at radius 1 is 1.19 bits per heavy atom. The Hall–Kier alpha value is -1.69. The van der Waals surface area contributed by atoms with Gasteiger partial charge < -0.3 is 9.80 Å². The molecule has 0 saturated carbocycles. The van der Waals surface area contributed by atoms with Gasteiger partial charge in [0.05, 0.1) is 5.69 Å². The predicted octanol–water partition coefficient (Wildman–Crippen LogP) is 4.40. The minimum atomic E-state index is -1.06. The van der Waals surface area contributed by atoms with E-state index in [0.29, 0.717) is 34.5 Å². The minimum absolute atomic E-state index is 0.0878. The summed E-state index contributed by atoms with van der Waals surface area (Å²) in [6, 6.07) is 12.3. The Labute approximate surface area is 166 Å². The van der Waals surface area contributed by atoms with Crippen LogP contribution in [-0.2, 0) is 9.67 Å². The third-order valence-corrected chi connectivity index (χ3v) is 6.68. The third kappa shape index (κ3) is 2.45. The van der Waals surface area contributed by atoms with Crippen LogP contribution in [0.15, 0.2) is 42.5 Å². The van der Waals surface area contributed by atoms with Crippen molar-refractivity contribution in [3.63, 3.8) is 0 Å². The van der Waals surface area contributed by atoms with E-state index in [1.807, 2.05) is 13.0 Å². The van der Waals surface area contributed by atoms with Gasteiger partial charge in [-0.2, -0.15) is 0 Å².